The number of nitrogens with one attached hydrogen (secondary N) is 7. The minimum atomic E-state index is -1.91. The summed E-state index contributed by atoms with van der Waals surface area (Å²) in [6, 6.07) is 6.26. The van der Waals surface area contributed by atoms with Crippen LogP contribution in [0.15, 0.2) is 60.7 Å². The molecule has 0 aliphatic heterocycles. The zero-order valence-corrected chi connectivity index (χ0v) is 39.7. The van der Waals surface area contributed by atoms with Gasteiger partial charge in [0.1, 0.15) is 42.3 Å². The molecule has 0 aliphatic carbocycles. The van der Waals surface area contributed by atoms with Crippen molar-refractivity contribution in [3.8, 4) is 0 Å². The molecule has 0 radical (unpaired) electrons. The topological polar surface area (TPSA) is 368 Å². The fourth-order valence-corrected chi connectivity index (χ4v) is 6.92. The number of amides is 7. The van der Waals surface area contributed by atoms with Gasteiger partial charge < -0.3 is 64.0 Å². The second kappa shape index (κ2) is 29.7. The lowest BCUT2D eigenvalue weighted by molar-refractivity contribution is -0.147. The second-order valence-corrected chi connectivity index (χ2v) is 17.5. The molecule has 0 bridgehead atoms. The van der Waals surface area contributed by atoms with E-state index in [1.54, 1.807) is 74.5 Å². The van der Waals surface area contributed by atoms with Gasteiger partial charge in [0.05, 0.1) is 12.5 Å². The van der Waals surface area contributed by atoms with Crippen molar-refractivity contribution >= 4 is 59.3 Å². The Labute approximate surface area is 401 Å². The van der Waals surface area contributed by atoms with Crippen LogP contribution in [0.1, 0.15) is 90.7 Å². The SMILES string of the molecule is CC(C)CC(NC(=O)C(N)CCCCN)C(=O)NC(C(=O)NC(Cc1ccccc1)C(=O)NC(Cc1ccccc1)C(=O)NC(C)C(=O)NC(CCC(=O)O)C(=O)NC(CC(=O)O)C(=O)O)C(C)C. The van der Waals surface area contributed by atoms with Gasteiger partial charge in [0.25, 0.3) is 0 Å². The van der Waals surface area contributed by atoms with Gasteiger partial charge in [-0.2, -0.15) is 0 Å². The van der Waals surface area contributed by atoms with Crippen LogP contribution < -0.4 is 48.7 Å². The maximum absolute atomic E-state index is 14.4. The van der Waals surface area contributed by atoms with Crippen LogP contribution in [0.4, 0.5) is 0 Å². The normalized spacial score (nSPS) is 14.6. The van der Waals surface area contributed by atoms with Crippen molar-refractivity contribution in [2.45, 2.75) is 141 Å². The number of hydrogen-bond acceptors (Lipinski definition) is 12. The Hall–Kier alpha value is -6.94. The smallest absolute Gasteiger partial charge is 0.326 e. The first kappa shape index (κ1) is 58.2. The first-order chi connectivity index (χ1) is 32.5. The van der Waals surface area contributed by atoms with Gasteiger partial charge in [-0.05, 0) is 62.1 Å². The van der Waals surface area contributed by atoms with Crippen LogP contribution in [0.3, 0.4) is 0 Å². The van der Waals surface area contributed by atoms with E-state index < -0.39 is 133 Å². The summed E-state index contributed by atoms with van der Waals surface area (Å²) in [6.07, 6.45) is -0.519. The van der Waals surface area contributed by atoms with Crippen LogP contribution in [-0.4, -0.2) is 129 Å². The Balaban J connectivity index is 2.41. The highest BCUT2D eigenvalue weighted by molar-refractivity contribution is 5.98. The molecule has 0 heterocycles. The fourth-order valence-electron chi connectivity index (χ4n) is 6.92. The van der Waals surface area contributed by atoms with E-state index in [-0.39, 0.29) is 25.2 Å². The first-order valence-electron chi connectivity index (χ1n) is 22.8. The quantitative estimate of drug-likeness (QED) is 0.0423. The Morgan fingerprint density at radius 1 is 0.507 bits per heavy atom. The molecule has 0 aliphatic rings. The number of aliphatic carboxylic acids is 3. The van der Waals surface area contributed by atoms with Crippen molar-refractivity contribution in [2.75, 3.05) is 6.54 Å². The molecule has 0 fully saturated rings. The number of benzene rings is 2. The van der Waals surface area contributed by atoms with E-state index >= 15 is 0 Å². The standard InChI is InChI=1S/C47H69N9O13/c1-26(2)22-33(52-41(62)31(49)18-12-13-21-48)45(66)56-39(27(3)4)46(67)54-35(24-30-16-10-7-11-17-30)44(65)53-34(23-29-14-8-6-9-15-29)43(64)50-28(5)40(61)51-32(19-20-37(57)58)42(63)55-36(47(68)69)25-38(59)60/h6-11,14-17,26-28,31-36,39H,12-13,18-25,48-49H2,1-5H3,(H,50,64)(H,51,61)(H,52,62)(H,53,65)(H,54,67)(H,55,63)(H,56,66)(H,57,58)(H,59,60)(H,68,69). The Morgan fingerprint density at radius 3 is 1.45 bits per heavy atom. The van der Waals surface area contributed by atoms with Crippen LogP contribution in [0.2, 0.25) is 0 Å². The third kappa shape index (κ3) is 21.7. The van der Waals surface area contributed by atoms with E-state index in [4.69, 9.17) is 16.6 Å². The van der Waals surface area contributed by atoms with E-state index in [0.717, 1.165) is 0 Å². The average molecular weight is 968 g/mol. The van der Waals surface area contributed by atoms with Crippen molar-refractivity contribution in [3.63, 3.8) is 0 Å². The van der Waals surface area contributed by atoms with E-state index in [0.29, 0.717) is 36.9 Å². The van der Waals surface area contributed by atoms with Crippen molar-refractivity contribution < 1.29 is 63.3 Å². The summed E-state index contributed by atoms with van der Waals surface area (Å²) in [5.74, 6) is -11.0. The number of carbonyl (C=O) groups is 10. The van der Waals surface area contributed by atoms with Gasteiger partial charge in [0, 0.05) is 19.3 Å². The van der Waals surface area contributed by atoms with Gasteiger partial charge >= 0.3 is 17.9 Å². The van der Waals surface area contributed by atoms with Crippen LogP contribution >= 0.6 is 0 Å². The Bertz CT molecular complexity index is 2060. The van der Waals surface area contributed by atoms with Crippen LogP contribution in [0.5, 0.6) is 0 Å². The summed E-state index contributed by atoms with van der Waals surface area (Å²) < 4.78 is 0. The van der Waals surface area contributed by atoms with E-state index in [1.807, 2.05) is 19.2 Å². The zero-order chi connectivity index (χ0) is 51.8. The van der Waals surface area contributed by atoms with Gasteiger partial charge in [-0.25, -0.2) is 4.79 Å². The molecule has 2 rings (SSSR count). The molecule has 0 aromatic heterocycles. The summed E-state index contributed by atoms with van der Waals surface area (Å²) >= 11 is 0. The first-order valence-corrected chi connectivity index (χ1v) is 22.8. The Kier molecular flexibility index (Phi) is 25.1. The molecule has 8 unspecified atom stereocenters. The maximum atomic E-state index is 14.4. The van der Waals surface area contributed by atoms with Crippen molar-refractivity contribution in [2.24, 2.45) is 23.3 Å². The van der Waals surface area contributed by atoms with Crippen LogP contribution in [0.25, 0.3) is 0 Å². The molecule has 22 heteroatoms. The molecule has 22 nitrogen and oxygen atoms in total. The molecule has 380 valence electrons. The molecule has 0 spiro atoms. The fraction of sp³-hybridized carbons (Fsp3) is 0.532. The molecule has 69 heavy (non-hydrogen) atoms. The molecule has 8 atom stereocenters. The van der Waals surface area contributed by atoms with Crippen molar-refractivity contribution in [1.82, 2.24) is 37.2 Å². The highest BCUT2D eigenvalue weighted by Crippen LogP contribution is 2.12. The highest BCUT2D eigenvalue weighted by Gasteiger charge is 2.35. The summed E-state index contributed by atoms with van der Waals surface area (Å²) in [6.45, 7) is 8.77. The molecular weight excluding hydrogens is 899 g/mol. The molecule has 2 aromatic rings. The molecule has 0 saturated carbocycles. The van der Waals surface area contributed by atoms with Gasteiger partial charge in [-0.1, -0.05) is 94.8 Å². The number of hydrogen-bond donors (Lipinski definition) is 12. The third-order valence-corrected chi connectivity index (χ3v) is 10.7. The van der Waals surface area contributed by atoms with Gasteiger partial charge in [0.2, 0.25) is 41.4 Å². The van der Waals surface area contributed by atoms with Crippen LogP contribution in [-0.2, 0) is 60.8 Å². The van der Waals surface area contributed by atoms with E-state index in [9.17, 15) is 58.2 Å². The van der Waals surface area contributed by atoms with Crippen LogP contribution in [0, 0.1) is 11.8 Å². The number of carboxylic acids is 3. The van der Waals surface area contributed by atoms with Crippen molar-refractivity contribution in [1.29, 1.82) is 0 Å². The predicted octanol–water partition coefficient (Wildman–Crippen LogP) is -0.532. The summed E-state index contributed by atoms with van der Waals surface area (Å²) in [7, 11) is 0. The average Bonchev–Trinajstić information content (AvgIpc) is 3.28. The molecule has 2 aromatic carbocycles. The molecule has 14 N–H and O–H groups in total. The van der Waals surface area contributed by atoms with Gasteiger partial charge in [0.15, 0.2) is 0 Å². The maximum Gasteiger partial charge on any atom is 0.326 e. The predicted molar refractivity (Wildman–Crippen MR) is 251 cm³/mol. The lowest BCUT2D eigenvalue weighted by Crippen LogP contribution is -2.61. The number of rotatable bonds is 31. The number of unbranched alkanes of at least 4 members (excludes halogenated alkanes) is 1. The lowest BCUT2D eigenvalue weighted by Gasteiger charge is -2.29. The summed E-state index contributed by atoms with van der Waals surface area (Å²) in [4.78, 5) is 130. The minimum Gasteiger partial charge on any atom is -0.481 e. The third-order valence-electron chi connectivity index (χ3n) is 10.7. The monoisotopic (exact) mass is 968 g/mol. The molecule has 0 saturated heterocycles. The van der Waals surface area contributed by atoms with E-state index in [2.05, 4.69) is 31.9 Å². The summed E-state index contributed by atoms with van der Waals surface area (Å²) in [5.41, 5.74) is 12.9. The second-order valence-electron chi connectivity index (χ2n) is 17.5. The van der Waals surface area contributed by atoms with Crippen molar-refractivity contribution in [3.05, 3.63) is 71.8 Å². The van der Waals surface area contributed by atoms with Gasteiger partial charge in [-0.3, -0.25) is 43.2 Å². The highest BCUT2D eigenvalue weighted by atomic mass is 16.4. The Morgan fingerprint density at radius 2 is 0.971 bits per heavy atom. The largest absolute Gasteiger partial charge is 0.481 e. The zero-order valence-electron chi connectivity index (χ0n) is 39.7. The lowest BCUT2D eigenvalue weighted by atomic mass is 9.98. The minimum absolute atomic E-state index is 0.0455. The van der Waals surface area contributed by atoms with E-state index in [1.165, 1.54) is 6.92 Å². The van der Waals surface area contributed by atoms with Gasteiger partial charge in [-0.15, -0.1) is 0 Å². The molecular formula is C47H69N9O13. The number of nitrogens with two attached hydrogens (primary N) is 2. The molecule has 7 amide bonds. The summed E-state index contributed by atoms with van der Waals surface area (Å²) in [5, 5.41) is 45.4. The number of carboxylic acid groups (broad SMARTS) is 3. The number of carbonyl (C=O) groups excluding carboxylic acids is 7.